The summed E-state index contributed by atoms with van der Waals surface area (Å²) in [4.78, 5) is 19.3. The second-order valence-corrected chi connectivity index (χ2v) is 7.06. The van der Waals surface area contributed by atoms with Crippen molar-refractivity contribution in [1.82, 2.24) is 4.98 Å². The summed E-state index contributed by atoms with van der Waals surface area (Å²) in [5.41, 5.74) is 1.59. The van der Waals surface area contributed by atoms with E-state index in [1.54, 1.807) is 17.0 Å². The van der Waals surface area contributed by atoms with Crippen LogP contribution in [-0.2, 0) is 9.53 Å². The second kappa shape index (κ2) is 6.51. The molecule has 1 aliphatic heterocycles. The van der Waals surface area contributed by atoms with Gasteiger partial charge in [0, 0.05) is 11.6 Å². The molecule has 4 nitrogen and oxygen atoms in total. The number of fused-ring (bicyclic) bond motifs is 1. The Hall–Kier alpha value is -1.95. The molecule has 1 atom stereocenters. The van der Waals surface area contributed by atoms with Crippen molar-refractivity contribution in [3.05, 3.63) is 53.6 Å². The highest BCUT2D eigenvalue weighted by Crippen LogP contribution is 2.35. The summed E-state index contributed by atoms with van der Waals surface area (Å²) < 4.78 is 6.64. The standard InChI is InChI=1S/C18H15ClN2O2S/c19-12-5-3-6-13(11-12)21(17(22)15-8-4-10-23-15)18-20-14-7-1-2-9-16(14)24-18/h1-3,5-7,9,11,15H,4,8,10H2/t15-/m0/s1. The number of rotatable bonds is 3. The van der Waals surface area contributed by atoms with Crippen LogP contribution in [0.4, 0.5) is 10.8 Å². The molecule has 1 fully saturated rings. The van der Waals surface area contributed by atoms with E-state index >= 15 is 0 Å². The summed E-state index contributed by atoms with van der Waals surface area (Å²) in [6.07, 6.45) is 1.22. The van der Waals surface area contributed by atoms with Gasteiger partial charge in [-0.15, -0.1) is 0 Å². The maximum atomic E-state index is 13.1. The molecule has 122 valence electrons. The largest absolute Gasteiger partial charge is 0.368 e. The van der Waals surface area contributed by atoms with Gasteiger partial charge in [-0.25, -0.2) is 4.98 Å². The van der Waals surface area contributed by atoms with Crippen molar-refractivity contribution in [3.63, 3.8) is 0 Å². The van der Waals surface area contributed by atoms with Gasteiger partial charge in [-0.3, -0.25) is 9.69 Å². The molecule has 1 aromatic heterocycles. The van der Waals surface area contributed by atoms with Gasteiger partial charge in [0.15, 0.2) is 5.13 Å². The summed E-state index contributed by atoms with van der Waals surface area (Å²) in [5, 5.41) is 1.22. The molecule has 6 heteroatoms. The normalized spacial score (nSPS) is 17.3. The summed E-state index contributed by atoms with van der Waals surface area (Å²) in [5.74, 6) is -0.0891. The van der Waals surface area contributed by atoms with Gasteiger partial charge in [0.25, 0.3) is 5.91 Å². The van der Waals surface area contributed by atoms with Crippen LogP contribution in [0.1, 0.15) is 12.8 Å². The van der Waals surface area contributed by atoms with Crippen LogP contribution in [0.3, 0.4) is 0 Å². The number of carbonyl (C=O) groups excluding carboxylic acids is 1. The molecule has 1 amide bonds. The first-order valence-corrected chi connectivity index (χ1v) is 8.98. The molecule has 4 rings (SSSR count). The maximum Gasteiger partial charge on any atom is 0.262 e. The summed E-state index contributed by atoms with van der Waals surface area (Å²) in [6, 6.07) is 15.1. The van der Waals surface area contributed by atoms with Gasteiger partial charge in [-0.1, -0.05) is 41.1 Å². The van der Waals surface area contributed by atoms with Crippen LogP contribution in [0.2, 0.25) is 5.02 Å². The summed E-state index contributed by atoms with van der Waals surface area (Å²) in [7, 11) is 0. The van der Waals surface area contributed by atoms with E-state index in [0.717, 1.165) is 23.1 Å². The van der Waals surface area contributed by atoms with Gasteiger partial charge in [-0.2, -0.15) is 0 Å². The topological polar surface area (TPSA) is 42.4 Å². The predicted molar refractivity (Wildman–Crippen MR) is 97.2 cm³/mol. The number of nitrogens with zero attached hydrogens (tertiary/aromatic N) is 2. The number of para-hydroxylation sites is 1. The Morgan fingerprint density at radius 1 is 1.25 bits per heavy atom. The Morgan fingerprint density at radius 2 is 2.12 bits per heavy atom. The number of amides is 1. The minimum atomic E-state index is -0.420. The van der Waals surface area contributed by atoms with Gasteiger partial charge in [0.05, 0.1) is 15.9 Å². The molecule has 0 saturated carbocycles. The fourth-order valence-corrected chi connectivity index (χ4v) is 4.00. The average Bonchev–Trinajstić information content (AvgIpc) is 3.24. The van der Waals surface area contributed by atoms with Crippen molar-refractivity contribution < 1.29 is 9.53 Å². The zero-order valence-electron chi connectivity index (χ0n) is 12.8. The fourth-order valence-electron chi connectivity index (χ4n) is 2.82. The van der Waals surface area contributed by atoms with Crippen molar-refractivity contribution in [1.29, 1.82) is 0 Å². The van der Waals surface area contributed by atoms with Crippen LogP contribution in [0.25, 0.3) is 10.2 Å². The molecule has 0 bridgehead atoms. The molecular formula is C18H15ClN2O2S. The number of hydrogen-bond acceptors (Lipinski definition) is 4. The van der Waals surface area contributed by atoms with E-state index in [1.807, 2.05) is 36.4 Å². The average molecular weight is 359 g/mol. The molecule has 0 spiro atoms. The van der Waals surface area contributed by atoms with Gasteiger partial charge >= 0.3 is 0 Å². The van der Waals surface area contributed by atoms with Crippen LogP contribution < -0.4 is 4.90 Å². The van der Waals surface area contributed by atoms with Gasteiger partial charge < -0.3 is 4.74 Å². The molecule has 1 aliphatic rings. The first kappa shape index (κ1) is 15.6. The lowest BCUT2D eigenvalue weighted by Crippen LogP contribution is -2.35. The number of carbonyl (C=O) groups is 1. The zero-order valence-corrected chi connectivity index (χ0v) is 14.4. The van der Waals surface area contributed by atoms with E-state index in [4.69, 9.17) is 16.3 Å². The van der Waals surface area contributed by atoms with E-state index < -0.39 is 6.10 Å². The fraction of sp³-hybridized carbons (Fsp3) is 0.222. The van der Waals surface area contributed by atoms with Crippen LogP contribution in [0, 0.1) is 0 Å². The summed E-state index contributed by atoms with van der Waals surface area (Å²) >= 11 is 7.62. The highest BCUT2D eigenvalue weighted by atomic mass is 35.5. The van der Waals surface area contributed by atoms with Crippen molar-refractivity contribution in [2.45, 2.75) is 18.9 Å². The van der Waals surface area contributed by atoms with Crippen LogP contribution in [0.5, 0.6) is 0 Å². The molecule has 24 heavy (non-hydrogen) atoms. The van der Waals surface area contributed by atoms with Crippen LogP contribution in [0.15, 0.2) is 48.5 Å². The Labute approximate surface area is 148 Å². The number of halogens is 1. The van der Waals surface area contributed by atoms with E-state index in [-0.39, 0.29) is 5.91 Å². The lowest BCUT2D eigenvalue weighted by Gasteiger charge is -2.23. The highest BCUT2D eigenvalue weighted by molar-refractivity contribution is 7.22. The third kappa shape index (κ3) is 2.90. The highest BCUT2D eigenvalue weighted by Gasteiger charge is 2.31. The van der Waals surface area contributed by atoms with Crippen molar-refractivity contribution in [2.75, 3.05) is 11.5 Å². The maximum absolute atomic E-state index is 13.1. The van der Waals surface area contributed by atoms with Gasteiger partial charge in [0.1, 0.15) is 6.10 Å². The van der Waals surface area contributed by atoms with Gasteiger partial charge in [-0.05, 0) is 43.2 Å². The predicted octanol–water partition coefficient (Wildman–Crippen LogP) is 4.79. The number of thiazole rings is 1. The smallest absolute Gasteiger partial charge is 0.262 e. The minimum Gasteiger partial charge on any atom is -0.368 e. The van der Waals surface area contributed by atoms with Crippen molar-refractivity contribution >= 4 is 49.9 Å². The second-order valence-electron chi connectivity index (χ2n) is 5.62. The number of aromatic nitrogens is 1. The number of hydrogen-bond donors (Lipinski definition) is 0. The van der Waals surface area contributed by atoms with E-state index in [9.17, 15) is 4.79 Å². The number of benzene rings is 2. The molecular weight excluding hydrogens is 344 g/mol. The molecule has 0 aliphatic carbocycles. The molecule has 0 N–H and O–H groups in total. The Morgan fingerprint density at radius 3 is 2.88 bits per heavy atom. The zero-order chi connectivity index (χ0) is 16.5. The molecule has 2 aromatic carbocycles. The molecule has 1 saturated heterocycles. The molecule has 3 aromatic rings. The Bertz CT molecular complexity index is 856. The Kier molecular flexibility index (Phi) is 4.22. The number of ether oxygens (including phenoxy) is 1. The minimum absolute atomic E-state index is 0.0891. The van der Waals surface area contributed by atoms with Crippen LogP contribution in [-0.4, -0.2) is 23.6 Å². The third-order valence-electron chi connectivity index (χ3n) is 3.97. The molecule has 0 radical (unpaired) electrons. The lowest BCUT2D eigenvalue weighted by molar-refractivity contribution is -0.126. The SMILES string of the molecule is O=C([C@@H]1CCCO1)N(c1cccc(Cl)c1)c1nc2ccccc2s1. The number of anilines is 2. The molecule has 0 unspecified atom stereocenters. The first-order chi connectivity index (χ1) is 11.7. The quantitative estimate of drug-likeness (QED) is 0.675. The van der Waals surface area contributed by atoms with Crippen LogP contribution >= 0.6 is 22.9 Å². The van der Waals surface area contributed by atoms with E-state index in [2.05, 4.69) is 4.98 Å². The van der Waals surface area contributed by atoms with Crippen molar-refractivity contribution in [2.24, 2.45) is 0 Å². The van der Waals surface area contributed by atoms with Crippen molar-refractivity contribution in [3.8, 4) is 0 Å². The monoisotopic (exact) mass is 358 g/mol. The third-order valence-corrected chi connectivity index (χ3v) is 5.22. The Balaban J connectivity index is 1.81. The van der Waals surface area contributed by atoms with E-state index in [0.29, 0.717) is 22.4 Å². The van der Waals surface area contributed by atoms with Gasteiger partial charge in [0.2, 0.25) is 0 Å². The summed E-state index contributed by atoms with van der Waals surface area (Å²) in [6.45, 7) is 0.625. The first-order valence-electron chi connectivity index (χ1n) is 7.79. The molecule has 2 heterocycles. The lowest BCUT2D eigenvalue weighted by atomic mass is 10.2. The van der Waals surface area contributed by atoms with E-state index in [1.165, 1.54) is 11.3 Å².